The van der Waals surface area contributed by atoms with E-state index in [1.807, 2.05) is 13.8 Å². The van der Waals surface area contributed by atoms with E-state index in [2.05, 4.69) is 20.8 Å². The topological polar surface area (TPSA) is 97.1 Å². The van der Waals surface area contributed by atoms with Crippen molar-refractivity contribution >= 4 is 15.9 Å². The van der Waals surface area contributed by atoms with Gasteiger partial charge in [0.2, 0.25) is 5.89 Å². The molecule has 2 N–H and O–H groups in total. The van der Waals surface area contributed by atoms with Crippen LogP contribution < -0.4 is 10.6 Å². The number of nitrogens with one attached hydrogen (secondary N) is 2. The first kappa shape index (κ1) is 14.9. The first-order valence-corrected chi connectivity index (χ1v) is 7.81. The Labute approximate surface area is 107 Å². The van der Waals surface area contributed by atoms with E-state index >= 15 is 0 Å². The molecule has 1 atom stereocenters. The Morgan fingerprint density at radius 2 is 2.06 bits per heavy atom. The van der Waals surface area contributed by atoms with E-state index < -0.39 is 9.84 Å². The van der Waals surface area contributed by atoms with Crippen LogP contribution in [-0.2, 0) is 9.84 Å². The van der Waals surface area contributed by atoms with Crippen LogP contribution in [-0.4, -0.2) is 43.2 Å². The summed E-state index contributed by atoms with van der Waals surface area (Å²) in [4.78, 5) is 0. The Kier molecular flexibility index (Phi) is 5.54. The molecule has 0 radical (unpaired) electrons. The number of sulfone groups is 1. The van der Waals surface area contributed by atoms with Crippen molar-refractivity contribution in [2.45, 2.75) is 26.8 Å². The molecular formula is C10H20N4O3S. The van der Waals surface area contributed by atoms with Gasteiger partial charge in [0.1, 0.15) is 0 Å². The second-order valence-corrected chi connectivity index (χ2v) is 6.36. The third-order valence-corrected chi connectivity index (χ3v) is 4.16. The summed E-state index contributed by atoms with van der Waals surface area (Å²) in [7, 11) is -2.97. The Morgan fingerprint density at radius 1 is 1.33 bits per heavy atom. The molecule has 1 aromatic rings. The average Bonchev–Trinajstić information content (AvgIpc) is 2.78. The van der Waals surface area contributed by atoms with Crippen LogP contribution in [0, 0.1) is 0 Å². The molecule has 0 aliphatic carbocycles. The maximum Gasteiger partial charge on any atom is 0.315 e. The number of aromatic nitrogens is 2. The fourth-order valence-corrected chi connectivity index (χ4v) is 2.03. The van der Waals surface area contributed by atoms with Crippen molar-refractivity contribution in [1.29, 1.82) is 0 Å². The van der Waals surface area contributed by atoms with Crippen LogP contribution in [0.25, 0.3) is 0 Å². The highest BCUT2D eigenvalue weighted by molar-refractivity contribution is 7.91. The lowest BCUT2D eigenvalue weighted by Crippen LogP contribution is -2.18. The molecule has 1 heterocycles. The Morgan fingerprint density at radius 3 is 2.67 bits per heavy atom. The van der Waals surface area contributed by atoms with E-state index in [0.717, 1.165) is 6.54 Å². The molecule has 18 heavy (non-hydrogen) atoms. The van der Waals surface area contributed by atoms with Crippen LogP contribution in [0.3, 0.4) is 0 Å². The smallest absolute Gasteiger partial charge is 0.315 e. The standard InChI is InChI=1S/C10H20N4O3S/c1-4-11-8(3)9-13-14-10(17-9)12-6-7-18(15,16)5-2/h8,11H,4-7H2,1-3H3,(H,12,14). The summed E-state index contributed by atoms with van der Waals surface area (Å²) in [6.07, 6.45) is 0. The predicted octanol–water partition coefficient (Wildman–Crippen LogP) is 0.587. The van der Waals surface area contributed by atoms with E-state index in [-0.39, 0.29) is 30.1 Å². The summed E-state index contributed by atoms with van der Waals surface area (Å²) in [5.74, 6) is 0.684. The van der Waals surface area contributed by atoms with Crippen LogP contribution >= 0.6 is 0 Å². The number of anilines is 1. The van der Waals surface area contributed by atoms with Gasteiger partial charge in [-0.05, 0) is 13.5 Å². The van der Waals surface area contributed by atoms with Crippen molar-refractivity contribution < 1.29 is 12.8 Å². The first-order valence-electron chi connectivity index (χ1n) is 5.99. The van der Waals surface area contributed by atoms with E-state index in [0.29, 0.717) is 5.89 Å². The van der Waals surface area contributed by atoms with Gasteiger partial charge in [-0.15, -0.1) is 5.10 Å². The minimum atomic E-state index is -2.97. The third kappa shape index (κ3) is 4.61. The van der Waals surface area contributed by atoms with Crippen molar-refractivity contribution in [3.8, 4) is 0 Å². The fraction of sp³-hybridized carbons (Fsp3) is 0.800. The van der Waals surface area contributed by atoms with E-state index in [1.54, 1.807) is 6.92 Å². The molecule has 1 rings (SSSR count). The van der Waals surface area contributed by atoms with Crippen molar-refractivity contribution in [2.24, 2.45) is 0 Å². The van der Waals surface area contributed by atoms with Gasteiger partial charge in [-0.25, -0.2) is 8.42 Å². The van der Waals surface area contributed by atoms with Gasteiger partial charge < -0.3 is 15.1 Å². The van der Waals surface area contributed by atoms with Crippen LogP contribution in [0.4, 0.5) is 6.01 Å². The molecule has 0 bridgehead atoms. The summed E-state index contributed by atoms with van der Waals surface area (Å²) in [5, 5.41) is 13.6. The summed E-state index contributed by atoms with van der Waals surface area (Å²) in [6.45, 7) is 6.61. The minimum Gasteiger partial charge on any atom is -0.406 e. The summed E-state index contributed by atoms with van der Waals surface area (Å²) in [6, 6.07) is 0.235. The lowest BCUT2D eigenvalue weighted by Gasteiger charge is -2.06. The van der Waals surface area contributed by atoms with Gasteiger partial charge >= 0.3 is 6.01 Å². The monoisotopic (exact) mass is 276 g/mol. The molecule has 0 aliphatic rings. The number of hydrogen-bond donors (Lipinski definition) is 2. The lowest BCUT2D eigenvalue weighted by atomic mass is 10.3. The zero-order valence-corrected chi connectivity index (χ0v) is 11.7. The molecular weight excluding hydrogens is 256 g/mol. The fourth-order valence-electron chi connectivity index (χ4n) is 1.33. The number of hydrogen-bond acceptors (Lipinski definition) is 7. The number of rotatable bonds is 8. The first-order chi connectivity index (χ1) is 8.48. The molecule has 0 saturated carbocycles. The van der Waals surface area contributed by atoms with Gasteiger partial charge in [0.25, 0.3) is 0 Å². The van der Waals surface area contributed by atoms with Crippen molar-refractivity contribution in [1.82, 2.24) is 15.5 Å². The average molecular weight is 276 g/mol. The lowest BCUT2D eigenvalue weighted by molar-refractivity contribution is 0.429. The Hall–Kier alpha value is -1.15. The van der Waals surface area contributed by atoms with E-state index in [4.69, 9.17) is 4.42 Å². The van der Waals surface area contributed by atoms with Gasteiger partial charge in [0.15, 0.2) is 9.84 Å². The molecule has 1 aromatic heterocycles. The van der Waals surface area contributed by atoms with Crippen LogP contribution in [0.5, 0.6) is 0 Å². The highest BCUT2D eigenvalue weighted by Gasteiger charge is 2.13. The largest absolute Gasteiger partial charge is 0.406 e. The molecule has 0 aromatic carbocycles. The summed E-state index contributed by atoms with van der Waals surface area (Å²) < 4.78 is 27.9. The molecule has 0 amide bonds. The zero-order valence-electron chi connectivity index (χ0n) is 10.9. The van der Waals surface area contributed by atoms with Crippen LogP contribution in [0.15, 0.2) is 4.42 Å². The van der Waals surface area contributed by atoms with Gasteiger partial charge in [-0.1, -0.05) is 18.9 Å². The zero-order chi connectivity index (χ0) is 13.6. The number of nitrogens with zero attached hydrogens (tertiary/aromatic N) is 2. The Balaban J connectivity index is 2.45. The summed E-state index contributed by atoms with van der Waals surface area (Å²) in [5.41, 5.74) is 0. The SMILES string of the molecule is CCNC(C)c1nnc(NCCS(=O)(=O)CC)o1. The van der Waals surface area contributed by atoms with Gasteiger partial charge in [0.05, 0.1) is 11.8 Å². The van der Waals surface area contributed by atoms with Crippen LogP contribution in [0.2, 0.25) is 0 Å². The van der Waals surface area contributed by atoms with Crippen LogP contribution in [0.1, 0.15) is 32.7 Å². The Bertz CT molecular complexity index is 457. The molecule has 0 aliphatic heterocycles. The minimum absolute atomic E-state index is 0.0163. The second-order valence-electron chi connectivity index (χ2n) is 3.89. The molecule has 8 heteroatoms. The van der Waals surface area contributed by atoms with Crippen molar-refractivity contribution in [2.75, 3.05) is 29.9 Å². The maximum atomic E-state index is 11.3. The summed E-state index contributed by atoms with van der Waals surface area (Å²) >= 11 is 0. The van der Waals surface area contributed by atoms with E-state index in [9.17, 15) is 8.42 Å². The highest BCUT2D eigenvalue weighted by Crippen LogP contribution is 2.12. The van der Waals surface area contributed by atoms with Gasteiger partial charge in [-0.2, -0.15) is 0 Å². The second kappa shape index (κ2) is 6.69. The molecule has 0 saturated heterocycles. The highest BCUT2D eigenvalue weighted by atomic mass is 32.2. The van der Waals surface area contributed by atoms with Gasteiger partial charge in [0, 0.05) is 12.3 Å². The molecule has 1 unspecified atom stereocenters. The van der Waals surface area contributed by atoms with E-state index in [1.165, 1.54) is 0 Å². The third-order valence-electron chi connectivity index (χ3n) is 2.45. The normalized spacial score (nSPS) is 13.5. The molecule has 0 spiro atoms. The molecule has 7 nitrogen and oxygen atoms in total. The quantitative estimate of drug-likeness (QED) is 0.717. The maximum absolute atomic E-state index is 11.3. The van der Waals surface area contributed by atoms with Crippen molar-refractivity contribution in [3.05, 3.63) is 5.89 Å². The van der Waals surface area contributed by atoms with Crippen molar-refractivity contribution in [3.63, 3.8) is 0 Å². The van der Waals surface area contributed by atoms with Gasteiger partial charge in [-0.3, -0.25) is 0 Å². The predicted molar refractivity (Wildman–Crippen MR) is 69.2 cm³/mol. The molecule has 0 fully saturated rings. The molecule has 104 valence electrons.